The zero-order valence-electron chi connectivity index (χ0n) is 9.63. The van der Waals surface area contributed by atoms with E-state index < -0.39 is 6.10 Å². The Hall–Kier alpha value is -1.93. The molecular formula is C15H14O2. The molecule has 0 aliphatic heterocycles. The number of Topliss-reactive ketones (excluding diaryl/α,β-unsaturated/α-hetero) is 1. The minimum absolute atomic E-state index is 0.267. The van der Waals surface area contributed by atoms with Crippen molar-refractivity contribution in [1.82, 2.24) is 0 Å². The van der Waals surface area contributed by atoms with E-state index in [1.54, 1.807) is 36.4 Å². The van der Waals surface area contributed by atoms with Gasteiger partial charge < -0.3 is 5.11 Å². The van der Waals surface area contributed by atoms with E-state index in [-0.39, 0.29) is 5.78 Å². The highest BCUT2D eigenvalue weighted by molar-refractivity contribution is 5.99. The molecule has 0 radical (unpaired) electrons. The molecule has 0 amide bonds. The quantitative estimate of drug-likeness (QED) is 0.817. The van der Waals surface area contributed by atoms with Crippen LogP contribution < -0.4 is 0 Å². The predicted octanol–water partition coefficient (Wildman–Crippen LogP) is 2.91. The van der Waals surface area contributed by atoms with E-state index in [4.69, 9.17) is 0 Å². The molecule has 0 bridgehead atoms. The Kier molecular flexibility index (Phi) is 3.35. The first-order valence-electron chi connectivity index (χ1n) is 5.52. The summed E-state index contributed by atoms with van der Waals surface area (Å²) in [7, 11) is 0. The third-order valence-electron chi connectivity index (χ3n) is 2.70. The molecule has 86 valence electrons. The van der Waals surface area contributed by atoms with Crippen molar-refractivity contribution in [2.24, 2.45) is 0 Å². The van der Waals surface area contributed by atoms with Crippen LogP contribution in [0, 0.1) is 6.92 Å². The summed E-state index contributed by atoms with van der Waals surface area (Å²) >= 11 is 0. The lowest BCUT2D eigenvalue weighted by atomic mass is 9.99. The van der Waals surface area contributed by atoms with Crippen molar-refractivity contribution in [3.63, 3.8) is 0 Å². The summed E-state index contributed by atoms with van der Waals surface area (Å²) in [4.78, 5) is 12.0. The van der Waals surface area contributed by atoms with Gasteiger partial charge in [-0.1, -0.05) is 60.2 Å². The third kappa shape index (κ3) is 2.60. The zero-order chi connectivity index (χ0) is 12.3. The van der Waals surface area contributed by atoms with E-state index in [2.05, 4.69) is 0 Å². The Morgan fingerprint density at radius 3 is 2.18 bits per heavy atom. The number of hydrogen-bond donors (Lipinski definition) is 1. The molecule has 0 aliphatic rings. The van der Waals surface area contributed by atoms with Crippen LogP contribution in [-0.4, -0.2) is 10.9 Å². The van der Waals surface area contributed by atoms with Gasteiger partial charge in [-0.15, -0.1) is 0 Å². The standard InChI is InChI=1S/C15H14O2/c1-11-7-9-13(10-8-11)15(17)14(16)12-5-3-2-4-6-12/h2-10,14,16H,1H3. The molecule has 0 heterocycles. The van der Waals surface area contributed by atoms with Crippen LogP contribution in [0.25, 0.3) is 0 Å². The summed E-state index contributed by atoms with van der Waals surface area (Å²) in [6.45, 7) is 1.96. The Balaban J connectivity index is 2.23. The first kappa shape index (κ1) is 11.6. The molecule has 0 saturated carbocycles. The maximum absolute atomic E-state index is 12.0. The van der Waals surface area contributed by atoms with Gasteiger partial charge in [-0.05, 0) is 12.5 Å². The van der Waals surface area contributed by atoms with Crippen molar-refractivity contribution in [3.05, 3.63) is 71.3 Å². The van der Waals surface area contributed by atoms with Crippen LogP contribution in [0.2, 0.25) is 0 Å². The van der Waals surface area contributed by atoms with Crippen molar-refractivity contribution in [2.75, 3.05) is 0 Å². The van der Waals surface area contributed by atoms with E-state index in [1.165, 1.54) is 0 Å². The Morgan fingerprint density at radius 1 is 1.00 bits per heavy atom. The highest BCUT2D eigenvalue weighted by Crippen LogP contribution is 2.18. The minimum atomic E-state index is -1.08. The Morgan fingerprint density at radius 2 is 1.59 bits per heavy atom. The van der Waals surface area contributed by atoms with Crippen LogP contribution >= 0.6 is 0 Å². The molecule has 0 aliphatic carbocycles. The lowest BCUT2D eigenvalue weighted by molar-refractivity contribution is 0.0747. The van der Waals surface area contributed by atoms with E-state index in [1.807, 2.05) is 25.1 Å². The molecule has 0 saturated heterocycles. The molecule has 1 unspecified atom stereocenters. The lowest BCUT2D eigenvalue weighted by Gasteiger charge is -2.09. The van der Waals surface area contributed by atoms with E-state index in [9.17, 15) is 9.90 Å². The van der Waals surface area contributed by atoms with Crippen molar-refractivity contribution >= 4 is 5.78 Å². The van der Waals surface area contributed by atoms with Gasteiger partial charge in [-0.2, -0.15) is 0 Å². The zero-order valence-corrected chi connectivity index (χ0v) is 9.63. The second kappa shape index (κ2) is 4.93. The maximum Gasteiger partial charge on any atom is 0.195 e. The van der Waals surface area contributed by atoms with Gasteiger partial charge >= 0.3 is 0 Å². The van der Waals surface area contributed by atoms with Gasteiger partial charge in [0.25, 0.3) is 0 Å². The van der Waals surface area contributed by atoms with Gasteiger partial charge in [0.15, 0.2) is 5.78 Å². The number of carbonyl (C=O) groups is 1. The first-order chi connectivity index (χ1) is 8.18. The smallest absolute Gasteiger partial charge is 0.195 e. The van der Waals surface area contributed by atoms with Crippen molar-refractivity contribution < 1.29 is 9.90 Å². The molecule has 2 aromatic carbocycles. The molecule has 2 aromatic rings. The van der Waals surface area contributed by atoms with Crippen LogP contribution in [0.4, 0.5) is 0 Å². The molecule has 2 nitrogen and oxygen atoms in total. The van der Waals surface area contributed by atoms with E-state index in [0.717, 1.165) is 5.56 Å². The Bertz CT molecular complexity index is 500. The minimum Gasteiger partial charge on any atom is -0.380 e. The number of rotatable bonds is 3. The van der Waals surface area contributed by atoms with Crippen LogP contribution in [0.3, 0.4) is 0 Å². The largest absolute Gasteiger partial charge is 0.380 e. The highest BCUT2D eigenvalue weighted by Gasteiger charge is 2.18. The van der Waals surface area contributed by atoms with E-state index in [0.29, 0.717) is 11.1 Å². The Labute approximate surface area is 101 Å². The topological polar surface area (TPSA) is 37.3 Å². The molecule has 1 N–H and O–H groups in total. The molecule has 0 fully saturated rings. The number of aliphatic hydroxyl groups is 1. The fourth-order valence-electron chi connectivity index (χ4n) is 1.66. The van der Waals surface area contributed by atoms with Crippen molar-refractivity contribution in [2.45, 2.75) is 13.0 Å². The normalized spacial score (nSPS) is 12.1. The summed E-state index contributed by atoms with van der Waals surface area (Å²) < 4.78 is 0. The van der Waals surface area contributed by atoms with Crippen molar-refractivity contribution in [1.29, 1.82) is 0 Å². The van der Waals surface area contributed by atoms with Gasteiger partial charge in [0, 0.05) is 5.56 Å². The molecule has 1 atom stereocenters. The molecule has 0 aromatic heterocycles. The molecule has 2 heteroatoms. The SMILES string of the molecule is Cc1ccc(C(=O)C(O)c2ccccc2)cc1. The van der Waals surface area contributed by atoms with Gasteiger partial charge in [-0.25, -0.2) is 0 Å². The highest BCUT2D eigenvalue weighted by atomic mass is 16.3. The van der Waals surface area contributed by atoms with Gasteiger partial charge in [0.1, 0.15) is 6.10 Å². The van der Waals surface area contributed by atoms with Gasteiger partial charge in [0.05, 0.1) is 0 Å². The molecule has 0 spiro atoms. The van der Waals surface area contributed by atoms with Crippen LogP contribution in [0.15, 0.2) is 54.6 Å². The molecule has 17 heavy (non-hydrogen) atoms. The van der Waals surface area contributed by atoms with Gasteiger partial charge in [0.2, 0.25) is 0 Å². The summed E-state index contributed by atoms with van der Waals surface area (Å²) in [5, 5.41) is 9.96. The second-order valence-electron chi connectivity index (χ2n) is 4.04. The summed E-state index contributed by atoms with van der Waals surface area (Å²) in [5.74, 6) is -0.267. The fraction of sp³-hybridized carbons (Fsp3) is 0.133. The van der Waals surface area contributed by atoms with E-state index >= 15 is 0 Å². The second-order valence-corrected chi connectivity index (χ2v) is 4.04. The monoisotopic (exact) mass is 226 g/mol. The number of hydrogen-bond acceptors (Lipinski definition) is 2. The predicted molar refractivity (Wildman–Crippen MR) is 66.9 cm³/mol. The summed E-state index contributed by atoms with van der Waals surface area (Å²) in [6.07, 6.45) is -1.08. The lowest BCUT2D eigenvalue weighted by Crippen LogP contribution is -2.12. The number of aliphatic hydroxyl groups excluding tert-OH is 1. The average molecular weight is 226 g/mol. The van der Waals surface area contributed by atoms with Gasteiger partial charge in [-0.3, -0.25) is 4.79 Å². The maximum atomic E-state index is 12.0. The number of carbonyl (C=O) groups excluding carboxylic acids is 1. The first-order valence-corrected chi connectivity index (χ1v) is 5.52. The molecule has 2 rings (SSSR count). The number of benzene rings is 2. The van der Waals surface area contributed by atoms with Crippen LogP contribution in [0.1, 0.15) is 27.6 Å². The summed E-state index contributed by atoms with van der Waals surface area (Å²) in [5.41, 5.74) is 2.25. The fourth-order valence-corrected chi connectivity index (χ4v) is 1.66. The number of ketones is 1. The number of aryl methyl sites for hydroxylation is 1. The molecular weight excluding hydrogens is 212 g/mol. The third-order valence-corrected chi connectivity index (χ3v) is 2.70. The van der Waals surface area contributed by atoms with Crippen LogP contribution in [0.5, 0.6) is 0 Å². The average Bonchev–Trinajstić information content (AvgIpc) is 2.39. The van der Waals surface area contributed by atoms with Crippen molar-refractivity contribution in [3.8, 4) is 0 Å². The van der Waals surface area contributed by atoms with Crippen LogP contribution in [-0.2, 0) is 0 Å². The summed E-state index contributed by atoms with van der Waals surface area (Å²) in [6, 6.07) is 16.2.